The predicted molar refractivity (Wildman–Crippen MR) is 105 cm³/mol. The number of nitrogens with one attached hydrogen (secondary N) is 1. The van der Waals surface area contributed by atoms with Crippen LogP contribution in [0.3, 0.4) is 0 Å². The molecule has 0 aliphatic carbocycles. The number of benzene rings is 2. The molecule has 0 spiro atoms. The van der Waals surface area contributed by atoms with Gasteiger partial charge in [0.15, 0.2) is 4.34 Å². The fourth-order valence-corrected chi connectivity index (χ4v) is 4.58. The highest BCUT2D eigenvalue weighted by atomic mass is 35.5. The second kappa shape index (κ2) is 7.74. The molecule has 0 aliphatic heterocycles. The number of anilines is 2. The third kappa shape index (κ3) is 4.22. The SMILES string of the molecule is Cc1ccc(Nc2nnc(SCc3c(Cl)cccc3Cl)s2)cc1C. The fourth-order valence-electron chi connectivity index (χ4n) is 2.07. The molecule has 24 heavy (non-hydrogen) atoms. The van der Waals surface area contributed by atoms with Gasteiger partial charge in [-0.3, -0.25) is 0 Å². The Balaban J connectivity index is 1.66. The Morgan fingerprint density at radius 3 is 2.50 bits per heavy atom. The maximum atomic E-state index is 6.19. The van der Waals surface area contributed by atoms with Crippen LogP contribution >= 0.6 is 46.3 Å². The van der Waals surface area contributed by atoms with Crippen LogP contribution < -0.4 is 5.32 Å². The lowest BCUT2D eigenvalue weighted by atomic mass is 10.1. The van der Waals surface area contributed by atoms with E-state index < -0.39 is 0 Å². The molecule has 0 aliphatic rings. The van der Waals surface area contributed by atoms with Crippen molar-refractivity contribution in [2.24, 2.45) is 0 Å². The zero-order chi connectivity index (χ0) is 17.1. The fraction of sp³-hybridized carbons (Fsp3) is 0.176. The summed E-state index contributed by atoms with van der Waals surface area (Å²) in [5.41, 5.74) is 4.45. The number of nitrogens with zero attached hydrogens (tertiary/aromatic N) is 2. The van der Waals surface area contributed by atoms with Crippen LogP contribution in [0.2, 0.25) is 10.0 Å². The van der Waals surface area contributed by atoms with E-state index in [2.05, 4.69) is 41.5 Å². The van der Waals surface area contributed by atoms with Crippen molar-refractivity contribution in [3.8, 4) is 0 Å². The van der Waals surface area contributed by atoms with Crippen LogP contribution in [-0.2, 0) is 5.75 Å². The van der Waals surface area contributed by atoms with Gasteiger partial charge in [-0.15, -0.1) is 10.2 Å². The highest BCUT2D eigenvalue weighted by Gasteiger charge is 2.10. The van der Waals surface area contributed by atoms with Crippen molar-refractivity contribution >= 4 is 57.1 Å². The van der Waals surface area contributed by atoms with E-state index in [-0.39, 0.29) is 0 Å². The normalized spacial score (nSPS) is 10.8. The number of hydrogen-bond acceptors (Lipinski definition) is 5. The third-order valence-electron chi connectivity index (χ3n) is 3.57. The minimum absolute atomic E-state index is 0.663. The molecule has 0 unspecified atom stereocenters. The standard InChI is InChI=1S/C17H15Cl2N3S2/c1-10-6-7-12(8-11(10)2)20-16-21-22-17(24-16)23-9-13-14(18)4-3-5-15(13)19/h3-8H,9H2,1-2H3,(H,20,21). The van der Waals surface area contributed by atoms with Crippen molar-refractivity contribution in [1.29, 1.82) is 0 Å². The molecule has 0 atom stereocenters. The number of hydrogen-bond donors (Lipinski definition) is 1. The number of halogens is 2. The van der Waals surface area contributed by atoms with Gasteiger partial charge >= 0.3 is 0 Å². The zero-order valence-corrected chi connectivity index (χ0v) is 16.3. The average Bonchev–Trinajstić information content (AvgIpc) is 2.98. The summed E-state index contributed by atoms with van der Waals surface area (Å²) in [6.07, 6.45) is 0. The van der Waals surface area contributed by atoms with Gasteiger partial charge in [0.2, 0.25) is 5.13 Å². The van der Waals surface area contributed by atoms with E-state index in [4.69, 9.17) is 23.2 Å². The van der Waals surface area contributed by atoms with Crippen LogP contribution in [0.15, 0.2) is 40.7 Å². The summed E-state index contributed by atoms with van der Waals surface area (Å²) in [5, 5.41) is 13.8. The Labute approximate surface area is 159 Å². The number of aromatic nitrogens is 2. The molecule has 0 bridgehead atoms. The van der Waals surface area contributed by atoms with Crippen molar-refractivity contribution in [2.45, 2.75) is 23.9 Å². The Bertz CT molecular complexity index is 845. The molecule has 1 heterocycles. The maximum absolute atomic E-state index is 6.19. The van der Waals surface area contributed by atoms with E-state index in [9.17, 15) is 0 Å². The highest BCUT2D eigenvalue weighted by Crippen LogP contribution is 2.34. The van der Waals surface area contributed by atoms with E-state index in [0.717, 1.165) is 20.7 Å². The number of thioether (sulfide) groups is 1. The van der Waals surface area contributed by atoms with E-state index in [1.807, 2.05) is 24.3 Å². The molecule has 2 aromatic carbocycles. The van der Waals surface area contributed by atoms with Gasteiger partial charge in [-0.1, -0.05) is 58.4 Å². The largest absolute Gasteiger partial charge is 0.330 e. The molecule has 3 aromatic rings. The van der Waals surface area contributed by atoms with Crippen molar-refractivity contribution in [3.63, 3.8) is 0 Å². The van der Waals surface area contributed by atoms with Gasteiger partial charge < -0.3 is 5.32 Å². The first-order valence-electron chi connectivity index (χ1n) is 7.26. The minimum atomic E-state index is 0.663. The highest BCUT2D eigenvalue weighted by molar-refractivity contribution is 8.00. The topological polar surface area (TPSA) is 37.8 Å². The summed E-state index contributed by atoms with van der Waals surface area (Å²) in [4.78, 5) is 0. The predicted octanol–water partition coefficient (Wildman–Crippen LogP) is 6.50. The third-order valence-corrected chi connectivity index (χ3v) is 6.27. The summed E-state index contributed by atoms with van der Waals surface area (Å²) in [6, 6.07) is 11.8. The summed E-state index contributed by atoms with van der Waals surface area (Å²) < 4.78 is 0.873. The molecule has 0 amide bonds. The summed E-state index contributed by atoms with van der Waals surface area (Å²) in [6.45, 7) is 4.19. The van der Waals surface area contributed by atoms with Gasteiger partial charge in [-0.2, -0.15) is 0 Å². The molecular formula is C17H15Cl2N3S2. The number of aryl methyl sites for hydroxylation is 2. The molecule has 3 rings (SSSR count). The van der Waals surface area contributed by atoms with Crippen molar-refractivity contribution in [1.82, 2.24) is 10.2 Å². The zero-order valence-electron chi connectivity index (χ0n) is 13.1. The van der Waals surface area contributed by atoms with Gasteiger partial charge in [0.1, 0.15) is 0 Å². The second-order valence-electron chi connectivity index (χ2n) is 5.29. The molecule has 0 fully saturated rings. The van der Waals surface area contributed by atoms with Crippen LogP contribution in [0.5, 0.6) is 0 Å². The van der Waals surface area contributed by atoms with Crippen LogP contribution in [0.4, 0.5) is 10.8 Å². The first-order valence-corrected chi connectivity index (χ1v) is 9.82. The molecule has 124 valence electrons. The summed E-state index contributed by atoms with van der Waals surface area (Å²) in [7, 11) is 0. The lowest BCUT2D eigenvalue weighted by Crippen LogP contribution is -1.91. The first kappa shape index (κ1) is 17.5. The van der Waals surface area contributed by atoms with Crippen LogP contribution in [-0.4, -0.2) is 10.2 Å². The van der Waals surface area contributed by atoms with Gasteiger partial charge in [0, 0.05) is 21.5 Å². The van der Waals surface area contributed by atoms with E-state index in [1.165, 1.54) is 22.5 Å². The van der Waals surface area contributed by atoms with Gasteiger partial charge in [-0.05, 0) is 54.8 Å². The molecule has 1 aromatic heterocycles. The number of rotatable bonds is 5. The Hall–Kier alpha value is -1.27. The van der Waals surface area contributed by atoms with E-state index >= 15 is 0 Å². The molecular weight excluding hydrogens is 381 g/mol. The Morgan fingerprint density at radius 2 is 1.79 bits per heavy atom. The second-order valence-corrected chi connectivity index (χ2v) is 8.30. The summed E-state index contributed by atoms with van der Waals surface area (Å²) in [5.74, 6) is 0.663. The summed E-state index contributed by atoms with van der Waals surface area (Å²) >= 11 is 15.5. The maximum Gasteiger partial charge on any atom is 0.210 e. The van der Waals surface area contributed by atoms with Gasteiger partial charge in [-0.25, -0.2) is 0 Å². The molecule has 0 saturated carbocycles. The lowest BCUT2D eigenvalue weighted by Gasteiger charge is -2.05. The van der Waals surface area contributed by atoms with E-state index in [1.54, 1.807) is 11.8 Å². The Morgan fingerprint density at radius 1 is 1.04 bits per heavy atom. The average molecular weight is 396 g/mol. The van der Waals surface area contributed by atoms with Crippen molar-refractivity contribution < 1.29 is 0 Å². The van der Waals surface area contributed by atoms with Crippen molar-refractivity contribution in [3.05, 3.63) is 63.1 Å². The molecule has 1 N–H and O–H groups in total. The smallest absolute Gasteiger partial charge is 0.210 e. The minimum Gasteiger partial charge on any atom is -0.330 e. The van der Waals surface area contributed by atoms with Gasteiger partial charge in [0.25, 0.3) is 0 Å². The lowest BCUT2D eigenvalue weighted by molar-refractivity contribution is 1.01. The first-order chi connectivity index (χ1) is 11.5. The molecule has 0 saturated heterocycles. The van der Waals surface area contributed by atoms with Gasteiger partial charge in [0.05, 0.1) is 0 Å². The van der Waals surface area contributed by atoms with Crippen LogP contribution in [0.25, 0.3) is 0 Å². The molecule has 3 nitrogen and oxygen atoms in total. The van der Waals surface area contributed by atoms with Crippen LogP contribution in [0, 0.1) is 13.8 Å². The molecule has 0 radical (unpaired) electrons. The quantitative estimate of drug-likeness (QED) is 0.500. The van der Waals surface area contributed by atoms with E-state index in [0.29, 0.717) is 15.8 Å². The molecule has 7 heteroatoms. The monoisotopic (exact) mass is 395 g/mol. The van der Waals surface area contributed by atoms with Crippen LogP contribution in [0.1, 0.15) is 16.7 Å². The Kier molecular flexibility index (Phi) is 5.66. The van der Waals surface area contributed by atoms with Crippen molar-refractivity contribution in [2.75, 3.05) is 5.32 Å².